The lowest BCUT2D eigenvalue weighted by atomic mass is 10.2. The smallest absolute Gasteiger partial charge is 0.313 e. The summed E-state index contributed by atoms with van der Waals surface area (Å²) >= 11 is 7.73. The average Bonchev–Trinajstić information content (AvgIpc) is 3.09. The lowest BCUT2D eigenvalue weighted by Gasteiger charge is -2.14. The van der Waals surface area contributed by atoms with Gasteiger partial charge < -0.3 is 9.84 Å². The molecule has 0 bridgehead atoms. The Balaban J connectivity index is 2.04. The van der Waals surface area contributed by atoms with E-state index in [-0.39, 0.29) is 11.3 Å². The van der Waals surface area contributed by atoms with Crippen LogP contribution in [0.1, 0.15) is 5.56 Å². The van der Waals surface area contributed by atoms with E-state index in [0.29, 0.717) is 36.6 Å². The van der Waals surface area contributed by atoms with Gasteiger partial charge in [0, 0.05) is 6.07 Å². The van der Waals surface area contributed by atoms with E-state index in [1.807, 2.05) is 49.4 Å². The number of carboxylic acids is 1. The monoisotopic (exact) mass is 471 g/mol. The molecule has 2 aromatic carbocycles. The zero-order valence-electron chi connectivity index (χ0n) is 16.6. The fourth-order valence-corrected chi connectivity index (χ4v) is 5.18. The van der Waals surface area contributed by atoms with Crippen LogP contribution in [0.15, 0.2) is 58.5 Å². The predicted octanol–water partition coefficient (Wildman–Crippen LogP) is 4.46. The predicted molar refractivity (Wildman–Crippen MR) is 125 cm³/mol. The van der Waals surface area contributed by atoms with Crippen molar-refractivity contribution in [3.63, 3.8) is 0 Å². The molecule has 31 heavy (non-hydrogen) atoms. The first-order chi connectivity index (χ1) is 14.9. The number of hydrogen-bond acceptors (Lipinski definition) is 7. The van der Waals surface area contributed by atoms with Crippen molar-refractivity contribution in [1.29, 1.82) is 0 Å². The second-order valence-electron chi connectivity index (χ2n) is 6.56. The standard InChI is InChI=1S/C21H17N3O4S3/c1-12-6-3-4-9-15(12)24-19(27)17-18(22-20(24)30-11-16(25)26)23(21(29)31-17)13-7-5-8-14(10-13)28-2/h3-10H,11H2,1-2H3,(H,25,26). The van der Waals surface area contributed by atoms with Crippen molar-refractivity contribution in [2.75, 3.05) is 12.9 Å². The van der Waals surface area contributed by atoms with Gasteiger partial charge in [-0.15, -0.1) is 0 Å². The molecule has 2 aromatic heterocycles. The molecule has 0 saturated carbocycles. The number of rotatable bonds is 6. The molecule has 0 amide bonds. The Morgan fingerprint density at radius 1 is 1.23 bits per heavy atom. The van der Waals surface area contributed by atoms with Gasteiger partial charge in [0.05, 0.1) is 24.2 Å². The minimum atomic E-state index is -0.995. The number of hydrogen-bond donors (Lipinski definition) is 1. The third kappa shape index (κ3) is 4.01. The van der Waals surface area contributed by atoms with Gasteiger partial charge in [0.1, 0.15) is 10.4 Å². The second kappa shape index (κ2) is 8.66. The van der Waals surface area contributed by atoms with Crippen molar-refractivity contribution in [3.05, 3.63) is 68.4 Å². The largest absolute Gasteiger partial charge is 0.497 e. The molecule has 2 heterocycles. The first-order valence-electron chi connectivity index (χ1n) is 9.14. The normalized spacial score (nSPS) is 11.0. The number of nitrogens with zero attached hydrogens (tertiary/aromatic N) is 3. The highest BCUT2D eigenvalue weighted by atomic mass is 32.2. The summed E-state index contributed by atoms with van der Waals surface area (Å²) in [5, 5.41) is 9.49. The molecule has 4 rings (SSSR count). The maximum Gasteiger partial charge on any atom is 0.313 e. The number of aromatic nitrogens is 3. The van der Waals surface area contributed by atoms with Crippen LogP contribution in [0.3, 0.4) is 0 Å². The van der Waals surface area contributed by atoms with Crippen molar-refractivity contribution in [2.45, 2.75) is 12.1 Å². The number of thiazole rings is 1. The Labute approximate surface area is 190 Å². The molecule has 0 atom stereocenters. The molecular weight excluding hydrogens is 454 g/mol. The number of aryl methyl sites for hydroxylation is 1. The van der Waals surface area contributed by atoms with Gasteiger partial charge in [0.2, 0.25) is 0 Å². The van der Waals surface area contributed by atoms with Crippen LogP contribution >= 0.6 is 35.3 Å². The first-order valence-corrected chi connectivity index (χ1v) is 11.4. The first kappa shape index (κ1) is 21.3. The summed E-state index contributed by atoms with van der Waals surface area (Å²) in [6.45, 7) is 1.89. The number of methoxy groups -OCH3 is 1. The van der Waals surface area contributed by atoms with E-state index in [4.69, 9.17) is 21.9 Å². The Hall–Kier alpha value is -2.95. The Morgan fingerprint density at radius 3 is 2.71 bits per heavy atom. The van der Waals surface area contributed by atoms with E-state index in [1.165, 1.54) is 15.9 Å². The van der Waals surface area contributed by atoms with Crippen LogP contribution in [0, 0.1) is 10.9 Å². The van der Waals surface area contributed by atoms with E-state index in [0.717, 1.165) is 17.3 Å². The maximum atomic E-state index is 13.6. The van der Waals surface area contributed by atoms with Crippen molar-refractivity contribution in [3.8, 4) is 17.1 Å². The van der Waals surface area contributed by atoms with Gasteiger partial charge in [-0.3, -0.25) is 18.7 Å². The maximum absolute atomic E-state index is 13.6. The Morgan fingerprint density at radius 2 is 2.00 bits per heavy atom. The van der Waals surface area contributed by atoms with Crippen LogP contribution in [0.5, 0.6) is 5.75 Å². The van der Waals surface area contributed by atoms with Crippen molar-refractivity contribution in [2.24, 2.45) is 0 Å². The molecule has 0 spiro atoms. The molecule has 0 unspecified atom stereocenters. The van der Waals surface area contributed by atoms with Crippen LogP contribution in [-0.4, -0.2) is 38.1 Å². The molecule has 0 fully saturated rings. The minimum Gasteiger partial charge on any atom is -0.497 e. The zero-order chi connectivity index (χ0) is 22.1. The summed E-state index contributed by atoms with van der Waals surface area (Å²) in [6.07, 6.45) is 0. The summed E-state index contributed by atoms with van der Waals surface area (Å²) in [4.78, 5) is 29.5. The van der Waals surface area contributed by atoms with Crippen molar-refractivity contribution >= 4 is 51.6 Å². The molecule has 0 aliphatic heterocycles. The van der Waals surface area contributed by atoms with Gasteiger partial charge in [-0.05, 0) is 42.9 Å². The molecule has 4 aromatic rings. The van der Waals surface area contributed by atoms with E-state index < -0.39 is 5.97 Å². The van der Waals surface area contributed by atoms with Gasteiger partial charge in [0.25, 0.3) is 5.56 Å². The molecule has 0 saturated heterocycles. The highest BCUT2D eigenvalue weighted by Gasteiger charge is 2.20. The van der Waals surface area contributed by atoms with Crippen LogP contribution in [0.2, 0.25) is 0 Å². The lowest BCUT2D eigenvalue weighted by Crippen LogP contribution is -2.22. The highest BCUT2D eigenvalue weighted by molar-refractivity contribution is 7.99. The number of para-hydroxylation sites is 1. The van der Waals surface area contributed by atoms with E-state index >= 15 is 0 Å². The number of thioether (sulfide) groups is 1. The van der Waals surface area contributed by atoms with E-state index in [2.05, 4.69) is 0 Å². The van der Waals surface area contributed by atoms with Gasteiger partial charge in [-0.2, -0.15) is 0 Å². The number of fused-ring (bicyclic) bond motifs is 1. The molecule has 10 heteroatoms. The molecule has 0 radical (unpaired) electrons. The van der Waals surface area contributed by atoms with Gasteiger partial charge >= 0.3 is 5.97 Å². The van der Waals surface area contributed by atoms with Crippen LogP contribution < -0.4 is 10.3 Å². The lowest BCUT2D eigenvalue weighted by molar-refractivity contribution is -0.133. The summed E-state index contributed by atoms with van der Waals surface area (Å²) < 4.78 is 9.35. The van der Waals surface area contributed by atoms with Gasteiger partial charge in [0.15, 0.2) is 14.8 Å². The summed E-state index contributed by atoms with van der Waals surface area (Å²) in [7, 11) is 1.57. The number of benzene rings is 2. The molecule has 7 nitrogen and oxygen atoms in total. The van der Waals surface area contributed by atoms with Gasteiger partial charge in [-0.25, -0.2) is 4.98 Å². The van der Waals surface area contributed by atoms with Crippen LogP contribution in [-0.2, 0) is 4.79 Å². The third-order valence-electron chi connectivity index (χ3n) is 4.57. The highest BCUT2D eigenvalue weighted by Crippen LogP contribution is 2.29. The van der Waals surface area contributed by atoms with E-state index in [1.54, 1.807) is 17.7 Å². The van der Waals surface area contributed by atoms with E-state index in [9.17, 15) is 14.7 Å². The summed E-state index contributed by atoms with van der Waals surface area (Å²) in [5.41, 5.74) is 2.35. The fraction of sp³-hybridized carbons (Fsp3) is 0.143. The minimum absolute atomic E-state index is 0.228. The number of carboxylic acid groups (broad SMARTS) is 1. The molecule has 0 aliphatic carbocycles. The molecular formula is C21H17N3O4S3. The number of aliphatic carboxylic acids is 1. The number of carbonyl (C=O) groups is 1. The Bertz CT molecular complexity index is 1420. The summed E-state index contributed by atoms with van der Waals surface area (Å²) in [6, 6.07) is 14.7. The van der Waals surface area contributed by atoms with Crippen molar-refractivity contribution < 1.29 is 14.6 Å². The average molecular weight is 472 g/mol. The fourth-order valence-electron chi connectivity index (χ4n) is 3.16. The zero-order valence-corrected chi connectivity index (χ0v) is 19.0. The summed E-state index contributed by atoms with van der Waals surface area (Å²) in [5.74, 6) is -0.577. The quantitative estimate of drug-likeness (QED) is 0.252. The number of ether oxygens (including phenoxy) is 1. The Kier molecular flexibility index (Phi) is 5.94. The van der Waals surface area contributed by atoms with Crippen molar-refractivity contribution in [1.82, 2.24) is 14.1 Å². The van der Waals surface area contributed by atoms with Crippen LogP contribution in [0.4, 0.5) is 0 Å². The van der Waals surface area contributed by atoms with Crippen LogP contribution in [0.25, 0.3) is 21.7 Å². The third-order valence-corrected chi connectivity index (χ3v) is 6.84. The molecule has 1 N–H and O–H groups in total. The molecule has 158 valence electrons. The molecule has 0 aliphatic rings. The topological polar surface area (TPSA) is 86.3 Å². The van der Waals surface area contributed by atoms with Gasteiger partial charge in [-0.1, -0.05) is 47.4 Å². The second-order valence-corrected chi connectivity index (χ2v) is 9.15. The SMILES string of the molecule is COc1cccc(-n2c(=S)sc3c(=O)n(-c4ccccc4C)c(SCC(=O)O)nc32)c1.